The Balaban J connectivity index is 2.00. The number of nitrogens with one attached hydrogen (secondary N) is 1. The number of thioether (sulfide) groups is 1. The monoisotopic (exact) mass is 304 g/mol. The number of nitrogens with zero attached hydrogens (tertiary/aromatic N) is 1. The van der Waals surface area contributed by atoms with Gasteiger partial charge in [-0.25, -0.2) is 0 Å². The van der Waals surface area contributed by atoms with E-state index in [1.807, 2.05) is 0 Å². The molecule has 0 bridgehead atoms. The molecular weight excluding hydrogens is 289 g/mol. The molecule has 0 aliphatic carbocycles. The predicted octanol–water partition coefficient (Wildman–Crippen LogP) is 4.27. The molecule has 1 aliphatic rings. The van der Waals surface area contributed by atoms with Crippen LogP contribution in [0.1, 0.15) is 20.3 Å². The van der Waals surface area contributed by atoms with Crippen molar-refractivity contribution in [2.75, 3.05) is 11.1 Å². The van der Waals surface area contributed by atoms with Gasteiger partial charge in [0, 0.05) is 11.4 Å². The second-order valence-electron chi connectivity index (χ2n) is 4.75. The standard InChI is InChI=1S/C13H15F3N2OS/c1-3-12(2)8-20-11(18-12)17-9-4-6-10(7-5-9)19-13(14,15)16/h4-7H,3,8H2,1-2H3,(H,17,18). The molecule has 0 spiro atoms. The van der Waals surface area contributed by atoms with Crippen molar-refractivity contribution in [1.29, 1.82) is 0 Å². The summed E-state index contributed by atoms with van der Waals surface area (Å²) < 4.78 is 39.9. The number of alkyl halides is 3. The molecule has 1 heterocycles. The fourth-order valence-corrected chi connectivity index (χ4v) is 2.83. The van der Waals surface area contributed by atoms with Crippen LogP contribution >= 0.6 is 11.8 Å². The molecule has 0 radical (unpaired) electrons. The zero-order valence-electron chi connectivity index (χ0n) is 11.1. The molecule has 1 unspecified atom stereocenters. The molecule has 7 heteroatoms. The number of aliphatic imine (C=N–C) groups is 1. The van der Waals surface area contributed by atoms with Crippen LogP contribution in [-0.4, -0.2) is 22.8 Å². The largest absolute Gasteiger partial charge is 0.573 e. The number of amidine groups is 1. The fraction of sp³-hybridized carbons (Fsp3) is 0.462. The molecule has 0 saturated carbocycles. The Bertz CT molecular complexity index is 501. The van der Waals surface area contributed by atoms with E-state index in [9.17, 15) is 13.2 Å². The van der Waals surface area contributed by atoms with Gasteiger partial charge in [-0.3, -0.25) is 4.99 Å². The van der Waals surface area contributed by atoms with Crippen molar-refractivity contribution in [2.45, 2.75) is 32.2 Å². The smallest absolute Gasteiger partial charge is 0.406 e. The minimum atomic E-state index is -4.66. The highest BCUT2D eigenvalue weighted by Gasteiger charge is 2.31. The van der Waals surface area contributed by atoms with E-state index in [2.05, 4.69) is 28.9 Å². The van der Waals surface area contributed by atoms with Gasteiger partial charge >= 0.3 is 6.36 Å². The van der Waals surface area contributed by atoms with Crippen LogP contribution in [0.2, 0.25) is 0 Å². The second kappa shape index (κ2) is 5.55. The Morgan fingerprint density at radius 1 is 1.35 bits per heavy atom. The van der Waals surface area contributed by atoms with E-state index in [1.54, 1.807) is 11.8 Å². The molecule has 110 valence electrons. The van der Waals surface area contributed by atoms with Crippen LogP contribution in [0.15, 0.2) is 29.3 Å². The molecule has 0 aromatic heterocycles. The van der Waals surface area contributed by atoms with Crippen molar-refractivity contribution in [3.8, 4) is 5.75 Å². The summed E-state index contributed by atoms with van der Waals surface area (Å²) in [5, 5.41) is 3.89. The summed E-state index contributed by atoms with van der Waals surface area (Å²) in [5.74, 6) is 0.670. The van der Waals surface area contributed by atoms with Crippen molar-refractivity contribution >= 4 is 22.6 Å². The number of hydrogen-bond acceptors (Lipinski definition) is 4. The molecule has 0 amide bonds. The average molecular weight is 304 g/mol. The van der Waals surface area contributed by atoms with Crippen LogP contribution in [0.3, 0.4) is 0 Å². The summed E-state index contributed by atoms with van der Waals surface area (Å²) in [4.78, 5) is 4.57. The van der Waals surface area contributed by atoms with Gasteiger partial charge in [0.25, 0.3) is 0 Å². The van der Waals surface area contributed by atoms with E-state index in [4.69, 9.17) is 0 Å². The summed E-state index contributed by atoms with van der Waals surface area (Å²) in [6, 6.07) is 5.61. The number of rotatable bonds is 3. The topological polar surface area (TPSA) is 33.6 Å². The van der Waals surface area contributed by atoms with Crippen molar-refractivity contribution in [3.05, 3.63) is 24.3 Å². The van der Waals surface area contributed by atoms with Crippen LogP contribution in [0.5, 0.6) is 5.75 Å². The highest BCUT2D eigenvalue weighted by molar-refractivity contribution is 8.14. The number of ether oxygens (including phenoxy) is 1. The Kier molecular flexibility index (Phi) is 4.17. The Morgan fingerprint density at radius 3 is 2.50 bits per heavy atom. The SMILES string of the molecule is CCC1(C)CSC(Nc2ccc(OC(F)(F)F)cc2)=N1. The maximum absolute atomic E-state index is 12.0. The molecule has 0 saturated heterocycles. The quantitative estimate of drug-likeness (QED) is 0.905. The normalized spacial score (nSPS) is 22.6. The van der Waals surface area contributed by atoms with Crippen LogP contribution in [0.25, 0.3) is 0 Å². The van der Waals surface area contributed by atoms with Gasteiger partial charge in [-0.1, -0.05) is 18.7 Å². The maximum atomic E-state index is 12.0. The Hall–Kier alpha value is -1.37. The summed E-state index contributed by atoms with van der Waals surface area (Å²) in [6.45, 7) is 4.16. The first kappa shape index (κ1) is 15.0. The van der Waals surface area contributed by atoms with Gasteiger partial charge in [0.2, 0.25) is 0 Å². The lowest BCUT2D eigenvalue weighted by Gasteiger charge is -2.15. The molecule has 0 fully saturated rings. The first-order valence-corrected chi connectivity index (χ1v) is 7.14. The second-order valence-corrected chi connectivity index (χ2v) is 5.72. The molecule has 1 N–H and O–H groups in total. The van der Waals surface area contributed by atoms with Gasteiger partial charge in [0.15, 0.2) is 5.17 Å². The molecule has 2 rings (SSSR count). The highest BCUT2D eigenvalue weighted by atomic mass is 32.2. The number of anilines is 1. The average Bonchev–Trinajstić information content (AvgIpc) is 2.73. The van der Waals surface area contributed by atoms with Gasteiger partial charge in [0.1, 0.15) is 5.75 Å². The van der Waals surface area contributed by atoms with Crippen molar-refractivity contribution < 1.29 is 17.9 Å². The molecular formula is C13H15F3N2OS. The van der Waals surface area contributed by atoms with Crippen LogP contribution in [0, 0.1) is 0 Å². The number of halogens is 3. The van der Waals surface area contributed by atoms with Gasteiger partial charge in [0.05, 0.1) is 5.54 Å². The van der Waals surface area contributed by atoms with E-state index in [0.717, 1.165) is 17.3 Å². The van der Waals surface area contributed by atoms with Crippen molar-refractivity contribution in [2.24, 2.45) is 4.99 Å². The zero-order valence-corrected chi connectivity index (χ0v) is 11.9. The van der Waals surface area contributed by atoms with Crippen molar-refractivity contribution in [3.63, 3.8) is 0 Å². The Morgan fingerprint density at radius 2 is 2.00 bits per heavy atom. The van der Waals surface area contributed by atoms with Crippen LogP contribution < -0.4 is 10.1 Å². The molecule has 20 heavy (non-hydrogen) atoms. The lowest BCUT2D eigenvalue weighted by Crippen LogP contribution is -2.20. The number of benzene rings is 1. The van der Waals surface area contributed by atoms with Crippen molar-refractivity contribution in [1.82, 2.24) is 0 Å². The molecule has 1 atom stereocenters. The summed E-state index contributed by atoms with van der Waals surface area (Å²) >= 11 is 1.61. The number of hydrogen-bond donors (Lipinski definition) is 1. The third-order valence-electron chi connectivity index (χ3n) is 2.99. The Labute approximate surface area is 119 Å². The van der Waals surface area contributed by atoms with E-state index < -0.39 is 6.36 Å². The van der Waals surface area contributed by atoms with Crippen LogP contribution in [0.4, 0.5) is 18.9 Å². The zero-order chi connectivity index (χ0) is 14.8. The highest BCUT2D eigenvalue weighted by Crippen LogP contribution is 2.31. The fourth-order valence-electron chi connectivity index (χ4n) is 1.64. The molecule has 1 aliphatic heterocycles. The van der Waals surface area contributed by atoms with Gasteiger partial charge in [-0.05, 0) is 37.6 Å². The lowest BCUT2D eigenvalue weighted by atomic mass is 10.0. The molecule has 3 nitrogen and oxygen atoms in total. The van der Waals surface area contributed by atoms with Crippen LogP contribution in [-0.2, 0) is 0 Å². The summed E-state index contributed by atoms with van der Waals surface area (Å²) in [6.07, 6.45) is -3.72. The van der Waals surface area contributed by atoms with E-state index in [0.29, 0.717) is 5.69 Å². The minimum Gasteiger partial charge on any atom is -0.406 e. The molecule has 1 aromatic rings. The lowest BCUT2D eigenvalue weighted by molar-refractivity contribution is -0.274. The first-order valence-electron chi connectivity index (χ1n) is 6.15. The molecule has 1 aromatic carbocycles. The first-order chi connectivity index (χ1) is 9.30. The van der Waals surface area contributed by atoms with E-state index in [1.165, 1.54) is 24.3 Å². The van der Waals surface area contributed by atoms with Gasteiger partial charge in [-0.2, -0.15) is 0 Å². The third kappa shape index (κ3) is 4.06. The summed E-state index contributed by atoms with van der Waals surface area (Å²) in [7, 11) is 0. The van der Waals surface area contributed by atoms with Gasteiger partial charge < -0.3 is 10.1 Å². The summed E-state index contributed by atoms with van der Waals surface area (Å²) in [5.41, 5.74) is 0.623. The minimum absolute atomic E-state index is 0.0632. The van der Waals surface area contributed by atoms with Gasteiger partial charge in [-0.15, -0.1) is 13.2 Å². The maximum Gasteiger partial charge on any atom is 0.573 e. The van der Waals surface area contributed by atoms with E-state index >= 15 is 0 Å². The predicted molar refractivity (Wildman–Crippen MR) is 75.3 cm³/mol. The third-order valence-corrected chi connectivity index (χ3v) is 4.23. The van der Waals surface area contributed by atoms with E-state index in [-0.39, 0.29) is 11.3 Å².